The van der Waals surface area contributed by atoms with Gasteiger partial charge in [-0.15, -0.1) is 0 Å². The maximum Gasteiger partial charge on any atom is 0.221 e. The summed E-state index contributed by atoms with van der Waals surface area (Å²) in [6.45, 7) is 8.92. The molecule has 21 heavy (non-hydrogen) atoms. The molecule has 1 unspecified atom stereocenters. The summed E-state index contributed by atoms with van der Waals surface area (Å²) >= 11 is 0. The minimum Gasteiger partial charge on any atom is -0.360 e. The number of aromatic nitrogens is 1. The van der Waals surface area contributed by atoms with Crippen LogP contribution < -0.4 is 4.90 Å². The summed E-state index contributed by atoms with van der Waals surface area (Å²) in [5.41, 5.74) is 1.89. The molecule has 0 amide bonds. The van der Waals surface area contributed by atoms with Crippen LogP contribution >= 0.6 is 0 Å². The SMILES string of the molecule is C[C@@H]1C[C@H](C)C[NH+]([C@@H](C)C(=O)c2c[nH]c3ccccc23)C1. The van der Waals surface area contributed by atoms with E-state index in [2.05, 4.69) is 25.8 Å². The number of H-pyrrole nitrogens is 1. The third kappa shape index (κ3) is 2.75. The Hall–Kier alpha value is -1.61. The number of hydrogen-bond acceptors (Lipinski definition) is 1. The van der Waals surface area contributed by atoms with Crippen molar-refractivity contribution < 1.29 is 9.69 Å². The van der Waals surface area contributed by atoms with Crippen molar-refractivity contribution in [1.82, 2.24) is 4.98 Å². The highest BCUT2D eigenvalue weighted by molar-refractivity contribution is 6.09. The molecule has 3 nitrogen and oxygen atoms in total. The number of hydrogen-bond donors (Lipinski definition) is 2. The zero-order valence-corrected chi connectivity index (χ0v) is 13.1. The molecule has 3 rings (SSSR count). The molecule has 0 radical (unpaired) electrons. The first-order chi connectivity index (χ1) is 10.1. The van der Waals surface area contributed by atoms with E-state index in [0.717, 1.165) is 29.6 Å². The Bertz CT molecular complexity index is 635. The third-order valence-corrected chi connectivity index (χ3v) is 4.89. The van der Waals surface area contributed by atoms with Crippen LogP contribution in [0.2, 0.25) is 0 Å². The number of rotatable bonds is 3. The van der Waals surface area contributed by atoms with E-state index in [1.165, 1.54) is 11.3 Å². The normalized spacial score (nSPS) is 27.7. The summed E-state index contributed by atoms with van der Waals surface area (Å²) < 4.78 is 0. The minimum atomic E-state index is 0.0365. The minimum absolute atomic E-state index is 0.0365. The fourth-order valence-corrected chi connectivity index (χ4v) is 3.88. The van der Waals surface area contributed by atoms with Crippen molar-refractivity contribution >= 4 is 16.7 Å². The summed E-state index contributed by atoms with van der Waals surface area (Å²) in [7, 11) is 0. The second kappa shape index (κ2) is 5.64. The Balaban J connectivity index is 1.84. The van der Waals surface area contributed by atoms with Gasteiger partial charge in [-0.3, -0.25) is 4.79 Å². The standard InChI is InChI=1S/C18H24N2O/c1-12-8-13(2)11-20(10-12)14(3)18(21)16-9-19-17-7-5-4-6-15(16)17/h4-7,9,12-14,19H,8,10-11H2,1-3H3/p+1/t12-,13+,14-/m0/s1. The van der Waals surface area contributed by atoms with Crippen LogP contribution in [-0.2, 0) is 0 Å². The molecule has 1 aromatic carbocycles. The van der Waals surface area contributed by atoms with Crippen LogP contribution in [0.25, 0.3) is 10.9 Å². The molecule has 1 aromatic heterocycles. The van der Waals surface area contributed by atoms with E-state index >= 15 is 0 Å². The van der Waals surface area contributed by atoms with Gasteiger partial charge in [0, 0.05) is 34.5 Å². The molecule has 0 spiro atoms. The van der Waals surface area contributed by atoms with Crippen LogP contribution in [0.4, 0.5) is 0 Å². The zero-order chi connectivity index (χ0) is 15.0. The van der Waals surface area contributed by atoms with Gasteiger partial charge in [0.2, 0.25) is 5.78 Å². The van der Waals surface area contributed by atoms with Crippen LogP contribution in [0.15, 0.2) is 30.5 Å². The van der Waals surface area contributed by atoms with Gasteiger partial charge in [-0.2, -0.15) is 0 Å². The fraction of sp³-hybridized carbons (Fsp3) is 0.500. The summed E-state index contributed by atoms with van der Waals surface area (Å²) in [6.07, 6.45) is 3.16. The van der Waals surface area contributed by atoms with Crippen molar-refractivity contribution in [2.24, 2.45) is 11.8 Å². The molecule has 0 aliphatic carbocycles. The van der Waals surface area contributed by atoms with E-state index < -0.39 is 0 Å². The number of Topliss-reactive ketones (excluding diaryl/α,β-unsaturated/α-hetero) is 1. The molecule has 0 saturated carbocycles. The maximum absolute atomic E-state index is 12.9. The van der Waals surface area contributed by atoms with Crippen LogP contribution in [0.1, 0.15) is 37.6 Å². The lowest BCUT2D eigenvalue weighted by molar-refractivity contribution is -0.925. The number of likely N-dealkylation sites (tertiary alicyclic amines) is 1. The lowest BCUT2D eigenvalue weighted by Gasteiger charge is -2.35. The molecule has 1 saturated heterocycles. The van der Waals surface area contributed by atoms with Crippen molar-refractivity contribution in [3.8, 4) is 0 Å². The van der Waals surface area contributed by atoms with Gasteiger partial charge < -0.3 is 9.88 Å². The van der Waals surface area contributed by atoms with E-state index in [1.54, 1.807) is 0 Å². The predicted octanol–water partition coefficient (Wildman–Crippen LogP) is 2.30. The number of para-hydroxylation sites is 1. The number of piperidine rings is 1. The van der Waals surface area contributed by atoms with Crippen LogP contribution in [-0.4, -0.2) is 29.9 Å². The Kier molecular flexibility index (Phi) is 3.85. The van der Waals surface area contributed by atoms with E-state index in [1.807, 2.05) is 30.5 Å². The van der Waals surface area contributed by atoms with Gasteiger partial charge in [-0.05, 0) is 19.4 Å². The van der Waals surface area contributed by atoms with Gasteiger partial charge in [0.25, 0.3) is 0 Å². The van der Waals surface area contributed by atoms with Crippen LogP contribution in [0.3, 0.4) is 0 Å². The van der Waals surface area contributed by atoms with Crippen molar-refractivity contribution in [2.75, 3.05) is 13.1 Å². The predicted molar refractivity (Wildman–Crippen MR) is 85.7 cm³/mol. The third-order valence-electron chi connectivity index (χ3n) is 4.89. The quantitative estimate of drug-likeness (QED) is 0.834. The van der Waals surface area contributed by atoms with Crippen molar-refractivity contribution in [2.45, 2.75) is 33.2 Å². The Morgan fingerprint density at radius 2 is 1.90 bits per heavy atom. The first-order valence-corrected chi connectivity index (χ1v) is 8.01. The Labute approximate surface area is 126 Å². The number of aromatic amines is 1. The number of fused-ring (bicyclic) bond motifs is 1. The molecule has 2 heterocycles. The highest BCUT2D eigenvalue weighted by Gasteiger charge is 2.33. The van der Waals surface area contributed by atoms with Gasteiger partial charge in [0.15, 0.2) is 0 Å². The van der Waals surface area contributed by atoms with Crippen molar-refractivity contribution in [1.29, 1.82) is 0 Å². The lowest BCUT2D eigenvalue weighted by atomic mass is 9.90. The van der Waals surface area contributed by atoms with Gasteiger partial charge in [0.05, 0.1) is 13.1 Å². The van der Waals surface area contributed by atoms with Crippen LogP contribution in [0.5, 0.6) is 0 Å². The summed E-state index contributed by atoms with van der Waals surface area (Å²) in [5, 5.41) is 1.05. The summed E-state index contributed by atoms with van der Waals surface area (Å²) in [6, 6.07) is 8.08. The van der Waals surface area contributed by atoms with E-state index in [4.69, 9.17) is 0 Å². The van der Waals surface area contributed by atoms with E-state index in [9.17, 15) is 4.79 Å². The molecule has 2 aromatic rings. The van der Waals surface area contributed by atoms with Crippen LogP contribution in [0, 0.1) is 11.8 Å². The molecule has 112 valence electrons. The first kappa shape index (κ1) is 14.3. The highest BCUT2D eigenvalue weighted by Crippen LogP contribution is 2.19. The average molecular weight is 285 g/mol. The number of nitrogens with one attached hydrogen (secondary N) is 2. The van der Waals surface area contributed by atoms with E-state index in [0.29, 0.717) is 11.8 Å². The molecule has 1 aliphatic heterocycles. The number of ketones is 1. The van der Waals surface area contributed by atoms with Gasteiger partial charge in [-0.1, -0.05) is 32.0 Å². The molecule has 1 aliphatic rings. The molecular formula is C18H25N2O+. The number of carbonyl (C=O) groups excluding carboxylic acids is 1. The van der Waals surface area contributed by atoms with Crippen molar-refractivity contribution in [3.05, 3.63) is 36.0 Å². The zero-order valence-electron chi connectivity index (χ0n) is 13.1. The number of quaternary nitrogens is 1. The molecule has 3 heteroatoms. The largest absolute Gasteiger partial charge is 0.360 e. The Morgan fingerprint density at radius 3 is 2.62 bits per heavy atom. The molecule has 2 N–H and O–H groups in total. The molecule has 0 bridgehead atoms. The lowest BCUT2D eigenvalue weighted by Crippen LogP contribution is -3.18. The smallest absolute Gasteiger partial charge is 0.221 e. The van der Waals surface area contributed by atoms with E-state index in [-0.39, 0.29) is 11.8 Å². The summed E-state index contributed by atoms with van der Waals surface area (Å²) in [4.78, 5) is 17.5. The molecule has 1 fully saturated rings. The number of carbonyl (C=O) groups is 1. The van der Waals surface area contributed by atoms with Gasteiger partial charge in [-0.25, -0.2) is 0 Å². The fourth-order valence-electron chi connectivity index (χ4n) is 3.88. The second-order valence-corrected chi connectivity index (χ2v) is 6.85. The second-order valence-electron chi connectivity index (χ2n) is 6.85. The average Bonchev–Trinajstić information content (AvgIpc) is 2.88. The first-order valence-electron chi connectivity index (χ1n) is 8.01. The van der Waals surface area contributed by atoms with Gasteiger partial charge >= 0.3 is 0 Å². The maximum atomic E-state index is 12.9. The Morgan fingerprint density at radius 1 is 1.24 bits per heavy atom. The summed E-state index contributed by atoms with van der Waals surface area (Å²) in [5.74, 6) is 1.69. The monoisotopic (exact) mass is 285 g/mol. The molecular weight excluding hydrogens is 260 g/mol. The van der Waals surface area contributed by atoms with Gasteiger partial charge in [0.1, 0.15) is 6.04 Å². The van der Waals surface area contributed by atoms with Crippen molar-refractivity contribution in [3.63, 3.8) is 0 Å². The highest BCUT2D eigenvalue weighted by atomic mass is 16.1. The number of benzene rings is 1. The molecule has 4 atom stereocenters. The topological polar surface area (TPSA) is 37.3 Å².